The molecule has 0 spiro atoms. The molecule has 6 heteroatoms. The Morgan fingerprint density at radius 1 is 1.39 bits per heavy atom. The van der Waals surface area contributed by atoms with Gasteiger partial charge in [-0.05, 0) is 81.3 Å². The first kappa shape index (κ1) is 23.6. The van der Waals surface area contributed by atoms with Gasteiger partial charge in [-0.3, -0.25) is 14.9 Å². The normalized spacial score (nSPS) is 31.7. The third kappa shape index (κ3) is 4.45. The highest BCUT2D eigenvalue weighted by molar-refractivity contribution is 5.77. The third-order valence-corrected chi connectivity index (χ3v) is 8.15. The molecule has 0 aliphatic heterocycles. The van der Waals surface area contributed by atoms with Crippen LogP contribution in [0.1, 0.15) is 70.6 Å². The van der Waals surface area contributed by atoms with Crippen LogP contribution in [0, 0.1) is 22.7 Å². The SMILES string of the molecule is C=C1CC[C@@H]2[C@](C)(CCC[C@]2(C)C(=O)OC)[C@@H]1CCc1ccoc1CN[C@@H](C)C(=O)O. The molecule has 2 fully saturated rings. The van der Waals surface area contributed by atoms with Gasteiger partial charge in [-0.25, -0.2) is 0 Å². The Bertz CT molecular complexity index is 830. The van der Waals surface area contributed by atoms with Gasteiger partial charge in [0.1, 0.15) is 11.8 Å². The van der Waals surface area contributed by atoms with E-state index in [0.29, 0.717) is 18.4 Å². The van der Waals surface area contributed by atoms with Crippen LogP contribution in [0.3, 0.4) is 0 Å². The fraction of sp³-hybridized carbons (Fsp3) is 0.680. The predicted octanol–water partition coefficient (Wildman–Crippen LogP) is 4.73. The molecule has 0 saturated heterocycles. The van der Waals surface area contributed by atoms with Gasteiger partial charge in [0.15, 0.2) is 0 Å². The van der Waals surface area contributed by atoms with Crippen LogP contribution in [-0.2, 0) is 27.3 Å². The van der Waals surface area contributed by atoms with Gasteiger partial charge >= 0.3 is 11.9 Å². The Labute approximate surface area is 185 Å². The van der Waals surface area contributed by atoms with Gasteiger partial charge in [-0.15, -0.1) is 0 Å². The predicted molar refractivity (Wildman–Crippen MR) is 118 cm³/mol. The second kappa shape index (κ2) is 9.19. The molecule has 1 heterocycles. The largest absolute Gasteiger partial charge is 0.480 e. The average Bonchev–Trinajstić information content (AvgIpc) is 3.17. The van der Waals surface area contributed by atoms with E-state index in [2.05, 4.69) is 25.7 Å². The van der Waals surface area contributed by atoms with Crippen molar-refractivity contribution in [1.82, 2.24) is 5.32 Å². The summed E-state index contributed by atoms with van der Waals surface area (Å²) in [7, 11) is 1.50. The van der Waals surface area contributed by atoms with E-state index in [0.717, 1.165) is 56.3 Å². The van der Waals surface area contributed by atoms with Crippen LogP contribution in [0.25, 0.3) is 0 Å². The molecule has 0 aromatic carbocycles. The van der Waals surface area contributed by atoms with Crippen molar-refractivity contribution in [1.29, 1.82) is 0 Å². The van der Waals surface area contributed by atoms with E-state index in [1.165, 1.54) is 12.7 Å². The minimum absolute atomic E-state index is 0.0243. The molecule has 2 saturated carbocycles. The van der Waals surface area contributed by atoms with Crippen LogP contribution in [-0.4, -0.2) is 30.2 Å². The molecule has 0 radical (unpaired) electrons. The molecule has 0 amide bonds. The van der Waals surface area contributed by atoms with Crippen LogP contribution in [0.2, 0.25) is 0 Å². The molecule has 172 valence electrons. The van der Waals surface area contributed by atoms with Crippen molar-refractivity contribution in [3.63, 3.8) is 0 Å². The number of aliphatic carboxylic acids is 1. The zero-order chi connectivity index (χ0) is 22.8. The van der Waals surface area contributed by atoms with E-state index < -0.39 is 17.4 Å². The van der Waals surface area contributed by atoms with Crippen molar-refractivity contribution < 1.29 is 23.8 Å². The van der Waals surface area contributed by atoms with Gasteiger partial charge in [0.05, 0.1) is 25.3 Å². The van der Waals surface area contributed by atoms with E-state index >= 15 is 0 Å². The Hall–Kier alpha value is -2.08. The molecule has 31 heavy (non-hydrogen) atoms. The summed E-state index contributed by atoms with van der Waals surface area (Å²) in [5, 5.41) is 12.1. The average molecular weight is 432 g/mol. The Morgan fingerprint density at radius 2 is 2.13 bits per heavy atom. The van der Waals surface area contributed by atoms with Crippen molar-refractivity contribution >= 4 is 11.9 Å². The summed E-state index contributed by atoms with van der Waals surface area (Å²) in [6, 6.07) is 1.35. The zero-order valence-electron chi connectivity index (χ0n) is 19.3. The highest BCUT2D eigenvalue weighted by Crippen LogP contribution is 2.62. The molecule has 6 nitrogen and oxygen atoms in total. The Morgan fingerprint density at radius 3 is 2.81 bits per heavy atom. The number of hydrogen-bond acceptors (Lipinski definition) is 5. The van der Waals surface area contributed by atoms with Gasteiger partial charge in [-0.2, -0.15) is 0 Å². The van der Waals surface area contributed by atoms with Crippen LogP contribution in [0.15, 0.2) is 28.9 Å². The van der Waals surface area contributed by atoms with Gasteiger partial charge < -0.3 is 14.3 Å². The Kier molecular flexibility index (Phi) is 6.99. The van der Waals surface area contributed by atoms with E-state index in [-0.39, 0.29) is 11.4 Å². The zero-order valence-corrected chi connectivity index (χ0v) is 19.3. The molecule has 1 aromatic rings. The second-order valence-corrected chi connectivity index (χ2v) is 9.92. The summed E-state index contributed by atoms with van der Waals surface area (Å²) < 4.78 is 10.9. The summed E-state index contributed by atoms with van der Waals surface area (Å²) in [4.78, 5) is 23.8. The summed E-state index contributed by atoms with van der Waals surface area (Å²) in [6.45, 7) is 10.9. The van der Waals surface area contributed by atoms with Gasteiger partial charge in [0.2, 0.25) is 0 Å². The minimum Gasteiger partial charge on any atom is -0.480 e. The van der Waals surface area contributed by atoms with Gasteiger partial charge in [-0.1, -0.05) is 25.5 Å². The molecule has 5 atom stereocenters. The summed E-state index contributed by atoms with van der Waals surface area (Å²) in [5.41, 5.74) is 1.99. The number of rotatable bonds is 8. The fourth-order valence-electron chi connectivity index (χ4n) is 6.34. The molecule has 1 aromatic heterocycles. The lowest BCUT2D eigenvalue weighted by Crippen LogP contribution is -2.53. The first-order chi connectivity index (χ1) is 14.6. The van der Waals surface area contributed by atoms with Crippen molar-refractivity contribution in [3.05, 3.63) is 35.8 Å². The monoisotopic (exact) mass is 431 g/mol. The number of carboxylic acids is 1. The van der Waals surface area contributed by atoms with E-state index in [9.17, 15) is 9.59 Å². The maximum absolute atomic E-state index is 12.7. The molecule has 2 aliphatic carbocycles. The number of aryl methyl sites for hydroxylation is 1. The molecular formula is C25H37NO5. The van der Waals surface area contributed by atoms with Gasteiger partial charge in [0.25, 0.3) is 0 Å². The number of carboxylic acid groups (broad SMARTS) is 1. The Balaban J connectivity index is 1.75. The maximum Gasteiger partial charge on any atom is 0.320 e. The van der Waals surface area contributed by atoms with Crippen molar-refractivity contribution in [3.8, 4) is 0 Å². The molecule has 3 rings (SSSR count). The lowest BCUT2D eigenvalue weighted by molar-refractivity contribution is -0.168. The van der Waals surface area contributed by atoms with E-state index in [1.807, 2.05) is 6.07 Å². The first-order valence-corrected chi connectivity index (χ1v) is 11.4. The number of hydrogen-bond donors (Lipinski definition) is 2. The summed E-state index contributed by atoms with van der Waals surface area (Å²) in [6.07, 6.45) is 8.42. The van der Waals surface area contributed by atoms with Crippen molar-refractivity contribution in [2.75, 3.05) is 7.11 Å². The molecular weight excluding hydrogens is 394 g/mol. The number of methoxy groups -OCH3 is 1. The summed E-state index contributed by atoms with van der Waals surface area (Å²) in [5.74, 6) is 0.462. The molecule has 2 aliphatic rings. The smallest absolute Gasteiger partial charge is 0.320 e. The van der Waals surface area contributed by atoms with Crippen LogP contribution in [0.4, 0.5) is 0 Å². The number of carbonyl (C=O) groups excluding carboxylic acids is 1. The number of carbonyl (C=O) groups is 2. The minimum atomic E-state index is -0.878. The van der Waals surface area contributed by atoms with Gasteiger partial charge in [0, 0.05) is 0 Å². The standard InChI is InChI=1S/C25H37NO5/c1-16-7-10-21-24(3,12-6-13-25(21,4)23(29)30-5)19(16)9-8-18-11-14-31-20(18)15-26-17(2)22(27)28/h11,14,17,19,21,26H,1,6-10,12-13,15H2,2-5H3,(H,27,28)/t17-,19+,21+,24+,25-/m0/s1. The van der Waals surface area contributed by atoms with Crippen LogP contribution in [0.5, 0.6) is 0 Å². The lowest BCUT2D eigenvalue weighted by atomic mass is 9.46. The number of nitrogens with one attached hydrogen (secondary N) is 1. The maximum atomic E-state index is 12.7. The van der Waals surface area contributed by atoms with Crippen molar-refractivity contribution in [2.24, 2.45) is 22.7 Å². The second-order valence-electron chi connectivity index (χ2n) is 9.92. The fourth-order valence-corrected chi connectivity index (χ4v) is 6.34. The third-order valence-electron chi connectivity index (χ3n) is 8.15. The number of esters is 1. The first-order valence-electron chi connectivity index (χ1n) is 11.4. The molecule has 0 bridgehead atoms. The lowest BCUT2D eigenvalue weighted by Gasteiger charge is -2.57. The van der Waals surface area contributed by atoms with E-state index in [1.54, 1.807) is 13.2 Å². The number of furan rings is 1. The quantitative estimate of drug-likeness (QED) is 0.457. The molecule has 2 N–H and O–H groups in total. The van der Waals surface area contributed by atoms with Crippen molar-refractivity contribution in [2.45, 2.75) is 78.3 Å². The number of ether oxygens (including phenoxy) is 1. The number of fused-ring (bicyclic) bond motifs is 1. The topological polar surface area (TPSA) is 88.8 Å². The highest BCUT2D eigenvalue weighted by atomic mass is 16.5. The van der Waals surface area contributed by atoms with Crippen LogP contribution >= 0.6 is 0 Å². The highest BCUT2D eigenvalue weighted by Gasteiger charge is 2.57. The van der Waals surface area contributed by atoms with E-state index in [4.69, 9.17) is 14.3 Å². The number of allylic oxidation sites excluding steroid dienone is 1. The molecule has 0 unspecified atom stereocenters. The summed E-state index contributed by atoms with van der Waals surface area (Å²) >= 11 is 0. The van der Waals surface area contributed by atoms with Crippen LogP contribution < -0.4 is 5.32 Å².